The highest BCUT2D eigenvalue weighted by atomic mass is 19.1. The van der Waals surface area contributed by atoms with Crippen molar-refractivity contribution in [2.75, 3.05) is 31.1 Å². The van der Waals surface area contributed by atoms with Crippen LogP contribution in [0.15, 0.2) is 24.3 Å². The standard InChI is InChI=1S/C20H30FN3O2/c1-2-20(25)24-11-5-7-17(22)19(24)14-26-15-9-12-23(13-10-15)18-8-4-3-6-16(18)21/h3-4,6,8,15,17,19H,2,5,7,9-14,22H2,1H3/t17-,19-/m0/s1. The van der Waals surface area contributed by atoms with Crippen molar-refractivity contribution in [1.82, 2.24) is 4.90 Å². The lowest BCUT2D eigenvalue weighted by Crippen LogP contribution is -2.56. The molecule has 3 rings (SSSR count). The number of rotatable bonds is 5. The van der Waals surface area contributed by atoms with Gasteiger partial charge in [-0.05, 0) is 37.8 Å². The Labute approximate surface area is 155 Å². The molecule has 0 bridgehead atoms. The molecule has 0 aliphatic carbocycles. The minimum absolute atomic E-state index is 0.0160. The predicted octanol–water partition coefficient (Wildman–Crippen LogP) is 2.54. The Bertz CT molecular complexity index is 604. The van der Waals surface area contributed by atoms with Crippen LogP contribution in [0.2, 0.25) is 0 Å². The Morgan fingerprint density at radius 3 is 2.65 bits per heavy atom. The second-order valence-electron chi connectivity index (χ2n) is 7.29. The first-order valence-electron chi connectivity index (χ1n) is 9.76. The molecule has 144 valence electrons. The summed E-state index contributed by atoms with van der Waals surface area (Å²) in [6.45, 7) is 4.72. The van der Waals surface area contributed by atoms with E-state index in [9.17, 15) is 9.18 Å². The zero-order valence-corrected chi connectivity index (χ0v) is 15.6. The summed E-state index contributed by atoms with van der Waals surface area (Å²) >= 11 is 0. The summed E-state index contributed by atoms with van der Waals surface area (Å²) in [6.07, 6.45) is 4.27. The van der Waals surface area contributed by atoms with Crippen LogP contribution >= 0.6 is 0 Å². The molecule has 5 nitrogen and oxygen atoms in total. The first-order valence-corrected chi connectivity index (χ1v) is 9.76. The number of piperidine rings is 2. The number of amides is 1. The molecule has 2 heterocycles. The number of anilines is 1. The average molecular weight is 363 g/mol. The van der Waals surface area contributed by atoms with Gasteiger partial charge in [-0.1, -0.05) is 19.1 Å². The summed E-state index contributed by atoms with van der Waals surface area (Å²) < 4.78 is 20.1. The van der Waals surface area contributed by atoms with Gasteiger partial charge in [0.1, 0.15) is 5.82 Å². The molecule has 0 aromatic heterocycles. The number of carbonyl (C=O) groups excluding carboxylic acids is 1. The molecule has 0 radical (unpaired) electrons. The van der Waals surface area contributed by atoms with Gasteiger partial charge >= 0.3 is 0 Å². The Balaban J connectivity index is 1.51. The molecule has 2 atom stereocenters. The summed E-state index contributed by atoms with van der Waals surface area (Å²) in [5.41, 5.74) is 6.94. The molecule has 6 heteroatoms. The first-order chi connectivity index (χ1) is 12.6. The van der Waals surface area contributed by atoms with Crippen molar-refractivity contribution in [2.45, 2.75) is 57.2 Å². The molecular weight excluding hydrogens is 333 g/mol. The Morgan fingerprint density at radius 1 is 1.23 bits per heavy atom. The van der Waals surface area contributed by atoms with Gasteiger partial charge in [0.15, 0.2) is 0 Å². The van der Waals surface area contributed by atoms with Crippen LogP contribution in [0.5, 0.6) is 0 Å². The first kappa shape index (κ1) is 19.1. The molecule has 2 N–H and O–H groups in total. The predicted molar refractivity (Wildman–Crippen MR) is 101 cm³/mol. The lowest BCUT2D eigenvalue weighted by molar-refractivity contribution is -0.137. The van der Waals surface area contributed by atoms with Crippen molar-refractivity contribution in [2.24, 2.45) is 5.73 Å². The van der Waals surface area contributed by atoms with Crippen LogP contribution < -0.4 is 10.6 Å². The minimum atomic E-state index is -0.172. The number of hydrogen-bond acceptors (Lipinski definition) is 4. The maximum Gasteiger partial charge on any atom is 0.222 e. The number of benzene rings is 1. The average Bonchev–Trinajstić information content (AvgIpc) is 2.67. The number of carbonyl (C=O) groups is 1. The molecule has 0 spiro atoms. The zero-order chi connectivity index (χ0) is 18.5. The second-order valence-corrected chi connectivity index (χ2v) is 7.29. The lowest BCUT2D eigenvalue weighted by Gasteiger charge is -2.41. The van der Waals surface area contributed by atoms with Gasteiger partial charge in [-0.15, -0.1) is 0 Å². The second kappa shape index (κ2) is 8.82. The maximum absolute atomic E-state index is 13.9. The fraction of sp³-hybridized carbons (Fsp3) is 0.650. The van der Waals surface area contributed by atoms with Crippen LogP contribution in [0.1, 0.15) is 39.0 Å². The number of ether oxygens (including phenoxy) is 1. The van der Waals surface area contributed by atoms with Crippen molar-refractivity contribution >= 4 is 11.6 Å². The van der Waals surface area contributed by atoms with E-state index < -0.39 is 0 Å². The van der Waals surface area contributed by atoms with Gasteiger partial charge in [0.25, 0.3) is 0 Å². The SMILES string of the molecule is CCC(=O)N1CCC[C@H](N)[C@@H]1COC1CCN(c2ccccc2F)CC1. The molecule has 1 aromatic rings. The van der Waals surface area contributed by atoms with Crippen LogP contribution in [-0.2, 0) is 9.53 Å². The van der Waals surface area contributed by atoms with E-state index in [-0.39, 0.29) is 29.9 Å². The van der Waals surface area contributed by atoms with Crippen molar-refractivity contribution < 1.29 is 13.9 Å². The van der Waals surface area contributed by atoms with E-state index in [0.29, 0.717) is 18.7 Å². The van der Waals surface area contributed by atoms with Gasteiger partial charge in [0.05, 0.1) is 24.4 Å². The molecule has 2 fully saturated rings. The van der Waals surface area contributed by atoms with Gasteiger partial charge in [0.2, 0.25) is 5.91 Å². The molecule has 0 saturated carbocycles. The summed E-state index contributed by atoms with van der Waals surface area (Å²) in [7, 11) is 0. The third kappa shape index (κ3) is 4.35. The number of nitrogens with two attached hydrogens (primary N) is 1. The topological polar surface area (TPSA) is 58.8 Å². The minimum Gasteiger partial charge on any atom is -0.376 e. The summed E-state index contributed by atoms with van der Waals surface area (Å²) in [5, 5.41) is 0. The monoisotopic (exact) mass is 363 g/mol. The van der Waals surface area contributed by atoms with Crippen molar-refractivity contribution in [3.63, 3.8) is 0 Å². The zero-order valence-electron chi connectivity index (χ0n) is 15.6. The van der Waals surface area contributed by atoms with E-state index in [4.69, 9.17) is 10.5 Å². The Hall–Kier alpha value is -1.66. The van der Waals surface area contributed by atoms with E-state index in [1.54, 1.807) is 6.07 Å². The van der Waals surface area contributed by atoms with E-state index in [1.165, 1.54) is 6.07 Å². The molecule has 2 saturated heterocycles. The van der Waals surface area contributed by atoms with Crippen molar-refractivity contribution in [1.29, 1.82) is 0 Å². The molecule has 2 aliphatic rings. The summed E-state index contributed by atoms with van der Waals surface area (Å²) in [6, 6.07) is 6.86. The highest BCUT2D eigenvalue weighted by molar-refractivity contribution is 5.76. The summed E-state index contributed by atoms with van der Waals surface area (Å²) in [4.78, 5) is 16.2. The number of nitrogens with zero attached hydrogens (tertiary/aromatic N) is 2. The molecular formula is C20H30FN3O2. The molecule has 26 heavy (non-hydrogen) atoms. The highest BCUT2D eigenvalue weighted by Gasteiger charge is 2.33. The third-order valence-corrected chi connectivity index (χ3v) is 5.59. The smallest absolute Gasteiger partial charge is 0.222 e. The Morgan fingerprint density at radius 2 is 1.96 bits per heavy atom. The van der Waals surface area contributed by atoms with Crippen LogP contribution in [-0.4, -0.2) is 55.2 Å². The van der Waals surface area contributed by atoms with Crippen molar-refractivity contribution in [3.8, 4) is 0 Å². The third-order valence-electron chi connectivity index (χ3n) is 5.59. The van der Waals surface area contributed by atoms with Crippen LogP contribution in [0.4, 0.5) is 10.1 Å². The molecule has 1 aromatic carbocycles. The van der Waals surface area contributed by atoms with Crippen LogP contribution in [0.25, 0.3) is 0 Å². The molecule has 2 aliphatic heterocycles. The quantitative estimate of drug-likeness (QED) is 0.873. The van der Waals surface area contributed by atoms with Gasteiger partial charge in [0, 0.05) is 32.1 Å². The number of likely N-dealkylation sites (tertiary alicyclic amines) is 1. The highest BCUT2D eigenvalue weighted by Crippen LogP contribution is 2.25. The van der Waals surface area contributed by atoms with Crippen LogP contribution in [0.3, 0.4) is 0 Å². The van der Waals surface area contributed by atoms with E-state index in [1.807, 2.05) is 24.0 Å². The van der Waals surface area contributed by atoms with Gasteiger partial charge < -0.3 is 20.3 Å². The fourth-order valence-corrected chi connectivity index (χ4v) is 4.02. The normalized spacial score (nSPS) is 24.7. The van der Waals surface area contributed by atoms with Gasteiger partial charge in [-0.3, -0.25) is 4.79 Å². The van der Waals surface area contributed by atoms with Gasteiger partial charge in [-0.25, -0.2) is 4.39 Å². The van der Waals surface area contributed by atoms with Gasteiger partial charge in [-0.2, -0.15) is 0 Å². The van der Waals surface area contributed by atoms with E-state index in [2.05, 4.69) is 4.90 Å². The van der Waals surface area contributed by atoms with Crippen LogP contribution in [0, 0.1) is 5.82 Å². The number of hydrogen-bond donors (Lipinski definition) is 1. The maximum atomic E-state index is 13.9. The van der Waals surface area contributed by atoms with E-state index >= 15 is 0 Å². The molecule has 0 unspecified atom stereocenters. The molecule has 1 amide bonds. The van der Waals surface area contributed by atoms with Crippen molar-refractivity contribution in [3.05, 3.63) is 30.1 Å². The lowest BCUT2D eigenvalue weighted by atomic mass is 9.97. The van der Waals surface area contributed by atoms with E-state index in [0.717, 1.165) is 45.3 Å². The number of para-hydroxylation sites is 1. The fourth-order valence-electron chi connectivity index (χ4n) is 4.02. The summed E-state index contributed by atoms with van der Waals surface area (Å²) in [5.74, 6) is -0.0168. The number of halogens is 1. The largest absolute Gasteiger partial charge is 0.376 e. The Kier molecular flexibility index (Phi) is 6.48.